The molecule has 0 atom stereocenters. The fraction of sp³-hybridized carbons (Fsp3) is 0.278. The first-order chi connectivity index (χ1) is 11.8. The molecular formula is C18H22N2O4S. The smallest absolute Gasteiger partial charge is 0.251 e. The van der Waals surface area contributed by atoms with E-state index in [-0.39, 0.29) is 10.8 Å². The van der Waals surface area contributed by atoms with E-state index in [1.807, 2.05) is 31.2 Å². The Labute approximate surface area is 148 Å². The number of hydrogen-bond acceptors (Lipinski definition) is 4. The highest BCUT2D eigenvalue weighted by molar-refractivity contribution is 7.89. The van der Waals surface area contributed by atoms with Crippen LogP contribution in [-0.4, -0.2) is 20.9 Å². The van der Waals surface area contributed by atoms with Gasteiger partial charge in [-0.3, -0.25) is 4.79 Å². The second-order valence-electron chi connectivity index (χ2n) is 5.66. The molecule has 2 rings (SSSR count). The number of amides is 1. The lowest BCUT2D eigenvalue weighted by Gasteiger charge is -2.10. The van der Waals surface area contributed by atoms with E-state index >= 15 is 0 Å². The zero-order chi connectivity index (χ0) is 18.4. The number of hydrogen-bond donors (Lipinski definition) is 2. The number of nitrogens with one attached hydrogen (secondary N) is 1. The summed E-state index contributed by atoms with van der Waals surface area (Å²) < 4.78 is 28.2. The SMILES string of the molecule is CCOCc1ccc(CNC(=O)c2cc(S(N)(=O)=O)ccc2C)cc1. The largest absolute Gasteiger partial charge is 0.377 e. The van der Waals surface area contributed by atoms with Gasteiger partial charge in [0.05, 0.1) is 11.5 Å². The Morgan fingerprint density at radius 1 is 1.12 bits per heavy atom. The molecule has 2 aromatic carbocycles. The monoisotopic (exact) mass is 362 g/mol. The highest BCUT2D eigenvalue weighted by atomic mass is 32.2. The molecule has 3 N–H and O–H groups in total. The number of rotatable bonds is 7. The number of aryl methyl sites for hydroxylation is 1. The number of carbonyl (C=O) groups excluding carboxylic acids is 1. The normalized spacial score (nSPS) is 11.3. The Bertz CT molecular complexity index is 846. The number of carbonyl (C=O) groups is 1. The number of ether oxygens (including phenoxy) is 1. The molecule has 0 aliphatic rings. The molecule has 0 heterocycles. The predicted molar refractivity (Wildman–Crippen MR) is 95.5 cm³/mol. The topological polar surface area (TPSA) is 98.5 Å². The molecule has 0 radical (unpaired) electrons. The minimum absolute atomic E-state index is 0.0801. The van der Waals surface area contributed by atoms with Crippen molar-refractivity contribution in [3.63, 3.8) is 0 Å². The molecule has 0 bridgehead atoms. The zero-order valence-electron chi connectivity index (χ0n) is 14.3. The van der Waals surface area contributed by atoms with Crippen molar-refractivity contribution in [3.05, 3.63) is 64.7 Å². The average molecular weight is 362 g/mol. The van der Waals surface area contributed by atoms with Gasteiger partial charge in [0.1, 0.15) is 0 Å². The lowest BCUT2D eigenvalue weighted by atomic mass is 10.1. The first kappa shape index (κ1) is 19.1. The predicted octanol–water partition coefficient (Wildman–Crippen LogP) is 2.11. The van der Waals surface area contributed by atoms with Gasteiger partial charge >= 0.3 is 0 Å². The van der Waals surface area contributed by atoms with Crippen molar-refractivity contribution >= 4 is 15.9 Å². The van der Waals surface area contributed by atoms with Gasteiger partial charge in [-0.15, -0.1) is 0 Å². The molecule has 25 heavy (non-hydrogen) atoms. The minimum Gasteiger partial charge on any atom is -0.377 e. The summed E-state index contributed by atoms with van der Waals surface area (Å²) in [7, 11) is -3.85. The summed E-state index contributed by atoms with van der Waals surface area (Å²) in [4.78, 5) is 12.3. The molecule has 7 heteroatoms. The van der Waals surface area contributed by atoms with E-state index < -0.39 is 10.0 Å². The van der Waals surface area contributed by atoms with E-state index in [1.54, 1.807) is 13.0 Å². The van der Waals surface area contributed by atoms with Crippen molar-refractivity contribution in [2.24, 2.45) is 5.14 Å². The Morgan fingerprint density at radius 3 is 2.36 bits per heavy atom. The molecule has 0 fully saturated rings. The molecule has 0 saturated carbocycles. The van der Waals surface area contributed by atoms with Crippen molar-refractivity contribution in [3.8, 4) is 0 Å². The fourth-order valence-corrected chi connectivity index (χ4v) is 2.81. The molecule has 1 amide bonds. The van der Waals surface area contributed by atoms with Crippen LogP contribution in [0.25, 0.3) is 0 Å². The first-order valence-electron chi connectivity index (χ1n) is 7.88. The summed E-state index contributed by atoms with van der Waals surface area (Å²) in [5.74, 6) is -0.346. The van der Waals surface area contributed by atoms with Crippen molar-refractivity contribution in [2.75, 3.05) is 6.61 Å². The van der Waals surface area contributed by atoms with E-state index in [9.17, 15) is 13.2 Å². The molecule has 0 unspecified atom stereocenters. The third-order valence-electron chi connectivity index (χ3n) is 3.73. The highest BCUT2D eigenvalue weighted by Gasteiger charge is 2.14. The van der Waals surface area contributed by atoms with Gasteiger partial charge in [-0.05, 0) is 42.7 Å². The summed E-state index contributed by atoms with van der Waals surface area (Å²) in [6.45, 7) is 5.24. The van der Waals surface area contributed by atoms with Gasteiger partial charge in [0.25, 0.3) is 5.91 Å². The van der Waals surface area contributed by atoms with E-state index in [2.05, 4.69) is 5.32 Å². The molecule has 0 aliphatic heterocycles. The number of nitrogens with two attached hydrogens (primary N) is 1. The molecule has 134 valence electrons. The van der Waals surface area contributed by atoms with Gasteiger partial charge in [-0.1, -0.05) is 30.3 Å². The van der Waals surface area contributed by atoms with E-state index in [1.165, 1.54) is 12.1 Å². The first-order valence-corrected chi connectivity index (χ1v) is 9.43. The summed E-state index contributed by atoms with van der Waals surface area (Å²) in [6, 6.07) is 12.0. The van der Waals surface area contributed by atoms with Crippen molar-refractivity contribution < 1.29 is 17.9 Å². The van der Waals surface area contributed by atoms with E-state index in [0.29, 0.717) is 30.9 Å². The Morgan fingerprint density at radius 2 is 1.76 bits per heavy atom. The maximum Gasteiger partial charge on any atom is 0.251 e. The molecular weight excluding hydrogens is 340 g/mol. The second-order valence-corrected chi connectivity index (χ2v) is 7.22. The van der Waals surface area contributed by atoms with E-state index in [4.69, 9.17) is 9.88 Å². The van der Waals surface area contributed by atoms with Crippen LogP contribution in [0, 0.1) is 6.92 Å². The highest BCUT2D eigenvalue weighted by Crippen LogP contribution is 2.15. The van der Waals surface area contributed by atoms with Crippen LogP contribution >= 0.6 is 0 Å². The number of sulfonamides is 1. The van der Waals surface area contributed by atoms with Crippen molar-refractivity contribution in [2.45, 2.75) is 31.9 Å². The summed E-state index contributed by atoms with van der Waals surface area (Å²) in [5, 5.41) is 7.91. The average Bonchev–Trinajstić information content (AvgIpc) is 2.58. The number of benzene rings is 2. The van der Waals surface area contributed by atoms with Crippen LogP contribution in [0.2, 0.25) is 0 Å². The maximum absolute atomic E-state index is 12.4. The summed E-state index contributed by atoms with van der Waals surface area (Å²) in [5.41, 5.74) is 2.97. The summed E-state index contributed by atoms with van der Waals surface area (Å²) >= 11 is 0. The quantitative estimate of drug-likeness (QED) is 0.788. The van der Waals surface area contributed by atoms with Gasteiger partial charge in [0.15, 0.2) is 0 Å². The molecule has 0 aliphatic carbocycles. The summed E-state index contributed by atoms with van der Waals surface area (Å²) in [6.07, 6.45) is 0. The van der Waals surface area contributed by atoms with Gasteiger partial charge in [-0.2, -0.15) is 0 Å². The van der Waals surface area contributed by atoms with Crippen molar-refractivity contribution in [1.82, 2.24) is 5.32 Å². The van der Waals surface area contributed by atoms with Gasteiger partial charge in [0.2, 0.25) is 10.0 Å². The lowest BCUT2D eigenvalue weighted by Crippen LogP contribution is -2.24. The van der Waals surface area contributed by atoms with Crippen LogP contribution in [0.1, 0.15) is 34.0 Å². The Kier molecular flexibility index (Phi) is 6.30. The Hall–Kier alpha value is -2.22. The number of primary sulfonamides is 1. The lowest BCUT2D eigenvalue weighted by molar-refractivity contribution is 0.0950. The van der Waals surface area contributed by atoms with Crippen LogP contribution in [0.3, 0.4) is 0 Å². The third kappa shape index (κ3) is 5.38. The molecule has 6 nitrogen and oxygen atoms in total. The molecule has 0 saturated heterocycles. The minimum atomic E-state index is -3.85. The van der Waals surface area contributed by atoms with Crippen LogP contribution in [-0.2, 0) is 27.9 Å². The van der Waals surface area contributed by atoms with Crippen LogP contribution in [0.5, 0.6) is 0 Å². The van der Waals surface area contributed by atoms with Crippen LogP contribution < -0.4 is 10.5 Å². The van der Waals surface area contributed by atoms with E-state index in [0.717, 1.165) is 11.1 Å². The zero-order valence-corrected chi connectivity index (χ0v) is 15.1. The van der Waals surface area contributed by atoms with Crippen molar-refractivity contribution in [1.29, 1.82) is 0 Å². The van der Waals surface area contributed by atoms with Crippen LogP contribution in [0.15, 0.2) is 47.4 Å². The van der Waals surface area contributed by atoms with Gasteiger partial charge in [-0.25, -0.2) is 13.6 Å². The van der Waals surface area contributed by atoms with Crippen LogP contribution in [0.4, 0.5) is 0 Å². The maximum atomic E-state index is 12.4. The molecule has 0 aromatic heterocycles. The third-order valence-corrected chi connectivity index (χ3v) is 4.64. The fourth-order valence-electron chi connectivity index (χ4n) is 2.27. The molecule has 2 aromatic rings. The second kappa shape index (κ2) is 8.24. The standard InChI is InChI=1S/C18H22N2O4S/c1-3-24-12-15-7-5-14(6-8-15)11-20-18(21)17-10-16(25(19,22)23)9-4-13(17)2/h4-10H,3,11-12H2,1-2H3,(H,20,21)(H2,19,22,23). The van der Waals surface area contributed by atoms with Gasteiger partial charge in [0, 0.05) is 18.7 Å². The molecule has 0 spiro atoms. The Balaban J connectivity index is 2.05. The van der Waals surface area contributed by atoms with Gasteiger partial charge < -0.3 is 10.1 Å².